The zero-order chi connectivity index (χ0) is 17.9. The second kappa shape index (κ2) is 7.53. The van der Waals surface area contributed by atoms with Crippen LogP contribution in [0, 0.1) is 0 Å². The first-order valence-electron chi connectivity index (χ1n) is 8.56. The van der Waals surface area contributed by atoms with E-state index in [4.69, 9.17) is 4.74 Å². The number of aliphatic hydroxyl groups is 2. The van der Waals surface area contributed by atoms with Gasteiger partial charge in [-0.2, -0.15) is 0 Å². The summed E-state index contributed by atoms with van der Waals surface area (Å²) in [6.45, 7) is 6.22. The Morgan fingerprint density at radius 1 is 1.25 bits per heavy atom. The van der Waals surface area contributed by atoms with Crippen LogP contribution in [0.2, 0.25) is 0 Å². The van der Waals surface area contributed by atoms with Crippen LogP contribution in [0.5, 0.6) is 5.75 Å². The first kappa shape index (κ1) is 18.7. The van der Waals surface area contributed by atoms with Crippen LogP contribution in [-0.2, 0) is 10.2 Å². The van der Waals surface area contributed by atoms with Crippen molar-refractivity contribution in [2.75, 3.05) is 13.7 Å². The Labute approximate surface area is 144 Å². The number of likely N-dealkylation sites (N-methyl/N-ethyl adjacent to an activating group) is 1. The molecule has 1 aliphatic rings. The molecule has 5 heteroatoms. The molecule has 3 atom stereocenters. The molecule has 0 radical (unpaired) electrons. The van der Waals surface area contributed by atoms with E-state index in [1.165, 1.54) is 4.90 Å². The van der Waals surface area contributed by atoms with Crippen LogP contribution >= 0.6 is 0 Å². The number of amides is 1. The summed E-state index contributed by atoms with van der Waals surface area (Å²) in [4.78, 5) is 13.9. The number of carbonyl (C=O) groups excluding carboxylic acids is 1. The molecule has 1 saturated carbocycles. The van der Waals surface area contributed by atoms with Crippen molar-refractivity contribution in [1.29, 1.82) is 0 Å². The molecule has 0 spiro atoms. The summed E-state index contributed by atoms with van der Waals surface area (Å²) >= 11 is 0. The van der Waals surface area contributed by atoms with E-state index >= 15 is 0 Å². The minimum absolute atomic E-state index is 0.0742. The molecule has 1 amide bonds. The van der Waals surface area contributed by atoms with Gasteiger partial charge in [-0.05, 0) is 36.3 Å². The Morgan fingerprint density at radius 2 is 1.92 bits per heavy atom. The number of aliphatic hydroxyl groups excluding tert-OH is 2. The van der Waals surface area contributed by atoms with Crippen molar-refractivity contribution < 1.29 is 19.7 Å². The summed E-state index contributed by atoms with van der Waals surface area (Å²) in [6.07, 6.45) is 0.415. The van der Waals surface area contributed by atoms with E-state index in [0.717, 1.165) is 12.0 Å². The molecule has 0 unspecified atom stereocenters. The Kier molecular flexibility index (Phi) is 5.88. The van der Waals surface area contributed by atoms with Gasteiger partial charge in [0.05, 0.1) is 12.1 Å². The van der Waals surface area contributed by atoms with Gasteiger partial charge in [0.25, 0.3) is 5.91 Å². The first-order chi connectivity index (χ1) is 11.2. The average Bonchev–Trinajstić information content (AvgIpc) is 2.54. The van der Waals surface area contributed by atoms with E-state index in [0.29, 0.717) is 18.6 Å². The van der Waals surface area contributed by atoms with Crippen molar-refractivity contribution in [3.63, 3.8) is 0 Å². The number of para-hydroxylation sites is 1. The SMILES string of the molecule is CN(C(=O)COc1ccccc1C(C)(C)C)[C@@H]1CCC[C@@H](O)[C@@H]1O. The fourth-order valence-electron chi connectivity index (χ4n) is 3.20. The fraction of sp³-hybridized carbons (Fsp3) is 0.632. The summed E-state index contributed by atoms with van der Waals surface area (Å²) in [5.41, 5.74) is 0.975. The summed E-state index contributed by atoms with van der Waals surface area (Å²) in [6, 6.07) is 7.36. The van der Waals surface area contributed by atoms with Gasteiger partial charge in [-0.3, -0.25) is 4.79 Å². The van der Waals surface area contributed by atoms with E-state index < -0.39 is 12.2 Å². The highest BCUT2D eigenvalue weighted by atomic mass is 16.5. The van der Waals surface area contributed by atoms with Gasteiger partial charge < -0.3 is 19.8 Å². The maximum Gasteiger partial charge on any atom is 0.260 e. The van der Waals surface area contributed by atoms with Crippen LogP contribution in [0.25, 0.3) is 0 Å². The molecule has 134 valence electrons. The van der Waals surface area contributed by atoms with Crippen LogP contribution in [0.3, 0.4) is 0 Å². The van der Waals surface area contributed by atoms with Crippen molar-refractivity contribution >= 4 is 5.91 Å². The van der Waals surface area contributed by atoms with Crippen LogP contribution in [0.4, 0.5) is 0 Å². The second-order valence-corrected chi connectivity index (χ2v) is 7.60. The predicted octanol–water partition coefficient (Wildman–Crippen LogP) is 2.10. The molecule has 0 heterocycles. The smallest absolute Gasteiger partial charge is 0.260 e. The summed E-state index contributed by atoms with van der Waals surface area (Å²) in [7, 11) is 1.66. The third-order valence-corrected chi connectivity index (χ3v) is 4.73. The zero-order valence-electron chi connectivity index (χ0n) is 15.0. The number of carbonyl (C=O) groups is 1. The van der Waals surface area contributed by atoms with Crippen LogP contribution in [-0.4, -0.2) is 52.9 Å². The Hall–Kier alpha value is -1.59. The second-order valence-electron chi connectivity index (χ2n) is 7.60. The largest absolute Gasteiger partial charge is 0.483 e. The van der Waals surface area contributed by atoms with Gasteiger partial charge in [-0.1, -0.05) is 39.0 Å². The predicted molar refractivity (Wildman–Crippen MR) is 93.1 cm³/mol. The van der Waals surface area contributed by atoms with E-state index in [2.05, 4.69) is 20.8 Å². The standard InChI is InChI=1S/C19H29NO4/c1-19(2,3)13-8-5-6-11-16(13)24-12-17(22)20(4)14-9-7-10-15(21)18(14)23/h5-6,8,11,14-15,18,21,23H,7,9-10,12H2,1-4H3/t14-,15-,18-/m1/s1. The van der Waals surface area contributed by atoms with Gasteiger partial charge >= 0.3 is 0 Å². The lowest BCUT2D eigenvalue weighted by atomic mass is 9.86. The molecule has 0 bridgehead atoms. The molecule has 0 aromatic heterocycles. The van der Waals surface area contributed by atoms with Crippen LogP contribution < -0.4 is 4.74 Å². The normalized spacial score (nSPS) is 24.5. The molecule has 1 aliphatic carbocycles. The third kappa shape index (κ3) is 4.28. The number of hydrogen-bond donors (Lipinski definition) is 2. The lowest BCUT2D eigenvalue weighted by Crippen LogP contribution is -2.52. The molecule has 24 heavy (non-hydrogen) atoms. The lowest BCUT2D eigenvalue weighted by molar-refractivity contribution is -0.140. The van der Waals surface area contributed by atoms with Crippen molar-refractivity contribution in [3.05, 3.63) is 29.8 Å². The van der Waals surface area contributed by atoms with Crippen molar-refractivity contribution in [2.45, 2.75) is 63.7 Å². The van der Waals surface area contributed by atoms with Gasteiger partial charge in [-0.25, -0.2) is 0 Å². The highest BCUT2D eigenvalue weighted by Gasteiger charge is 2.35. The quantitative estimate of drug-likeness (QED) is 0.884. The minimum atomic E-state index is -0.894. The topological polar surface area (TPSA) is 70.0 Å². The highest BCUT2D eigenvalue weighted by Crippen LogP contribution is 2.31. The molecule has 0 aliphatic heterocycles. The maximum atomic E-state index is 12.4. The molecular formula is C19H29NO4. The third-order valence-electron chi connectivity index (χ3n) is 4.73. The van der Waals surface area contributed by atoms with Crippen molar-refractivity contribution in [2.24, 2.45) is 0 Å². The van der Waals surface area contributed by atoms with Crippen LogP contribution in [0.15, 0.2) is 24.3 Å². The number of rotatable bonds is 4. The van der Waals surface area contributed by atoms with E-state index in [1.807, 2.05) is 24.3 Å². The molecular weight excluding hydrogens is 306 g/mol. The first-order valence-corrected chi connectivity index (χ1v) is 8.56. The van der Waals surface area contributed by atoms with E-state index in [-0.39, 0.29) is 24.0 Å². The molecule has 1 aromatic rings. The fourth-order valence-corrected chi connectivity index (χ4v) is 3.20. The number of benzene rings is 1. The Morgan fingerprint density at radius 3 is 2.58 bits per heavy atom. The Balaban J connectivity index is 2.01. The van der Waals surface area contributed by atoms with Crippen molar-refractivity contribution in [3.8, 4) is 5.75 Å². The van der Waals surface area contributed by atoms with Gasteiger partial charge in [-0.15, -0.1) is 0 Å². The lowest BCUT2D eigenvalue weighted by Gasteiger charge is -2.37. The highest BCUT2D eigenvalue weighted by molar-refractivity contribution is 5.78. The van der Waals surface area contributed by atoms with Gasteiger partial charge in [0.15, 0.2) is 6.61 Å². The Bertz CT molecular complexity index is 567. The minimum Gasteiger partial charge on any atom is -0.483 e. The van der Waals surface area contributed by atoms with Crippen LogP contribution in [0.1, 0.15) is 45.6 Å². The molecule has 1 aromatic carbocycles. The molecule has 5 nitrogen and oxygen atoms in total. The summed E-state index contributed by atoms with van der Waals surface area (Å²) in [5.74, 6) is 0.507. The number of hydrogen-bond acceptors (Lipinski definition) is 4. The molecule has 2 rings (SSSR count). The van der Waals surface area contributed by atoms with E-state index in [1.54, 1.807) is 7.05 Å². The van der Waals surface area contributed by atoms with Crippen molar-refractivity contribution in [1.82, 2.24) is 4.90 Å². The number of ether oxygens (including phenoxy) is 1. The van der Waals surface area contributed by atoms with Gasteiger partial charge in [0, 0.05) is 7.05 Å². The monoisotopic (exact) mass is 335 g/mol. The van der Waals surface area contributed by atoms with Gasteiger partial charge in [0.2, 0.25) is 0 Å². The van der Waals surface area contributed by atoms with E-state index in [9.17, 15) is 15.0 Å². The number of nitrogens with zero attached hydrogens (tertiary/aromatic N) is 1. The van der Waals surface area contributed by atoms with Gasteiger partial charge in [0.1, 0.15) is 11.9 Å². The molecule has 0 saturated heterocycles. The average molecular weight is 335 g/mol. The maximum absolute atomic E-state index is 12.4. The molecule has 1 fully saturated rings. The molecule has 2 N–H and O–H groups in total. The summed E-state index contributed by atoms with van der Waals surface area (Å²) < 4.78 is 5.76. The summed E-state index contributed by atoms with van der Waals surface area (Å²) in [5, 5.41) is 19.9. The zero-order valence-corrected chi connectivity index (χ0v) is 15.0.